The molecule has 0 amide bonds. The van der Waals surface area contributed by atoms with Crippen LogP contribution in [-0.2, 0) is 7.05 Å². The van der Waals surface area contributed by atoms with Crippen LogP contribution in [0.1, 0.15) is 16.7 Å². The zero-order chi connectivity index (χ0) is 16.7. The van der Waals surface area contributed by atoms with Crippen molar-refractivity contribution >= 4 is 34.5 Å². The third-order valence-electron chi connectivity index (χ3n) is 4.70. The first-order valence-corrected chi connectivity index (χ1v) is 14.4. The molecule has 3 aromatic rings. The maximum absolute atomic E-state index is 2.43. The fourth-order valence-electron chi connectivity index (χ4n) is 3.26. The number of hydrogen-bond donors (Lipinski definition) is 0. The van der Waals surface area contributed by atoms with E-state index >= 15 is 0 Å². The van der Waals surface area contributed by atoms with Gasteiger partial charge in [0.05, 0.1) is 0 Å². The van der Waals surface area contributed by atoms with E-state index in [0.29, 0.717) is 0 Å². The normalized spacial score (nSPS) is 11.4. The number of nitrogens with zero attached hydrogens (tertiary/aromatic N) is 1. The molecule has 23 heavy (non-hydrogen) atoms. The summed E-state index contributed by atoms with van der Waals surface area (Å²) >= 11 is -1.20. The summed E-state index contributed by atoms with van der Waals surface area (Å²) in [4.78, 5) is 4.86. The minimum atomic E-state index is -1.20. The Balaban J connectivity index is 2.35. The molecule has 3 rings (SSSR count). The molecule has 2 aromatic carbocycles. The second-order valence-electron chi connectivity index (χ2n) is 6.70. The van der Waals surface area contributed by atoms with Crippen molar-refractivity contribution in [1.82, 2.24) is 0 Å². The van der Waals surface area contributed by atoms with Crippen LogP contribution in [0, 0.1) is 20.8 Å². The molecular weight excluding hydrogens is 388 g/mol. The fraction of sp³-hybridized carbons (Fsp3) is 0.286. The molecule has 1 heterocycles. The summed E-state index contributed by atoms with van der Waals surface area (Å²) in [5, 5.41) is 2.72. The monoisotopic (exact) mass is 412 g/mol. The van der Waals surface area contributed by atoms with Crippen molar-refractivity contribution in [1.29, 1.82) is 0 Å². The van der Waals surface area contributed by atoms with Crippen molar-refractivity contribution in [2.45, 2.75) is 30.5 Å². The van der Waals surface area contributed by atoms with Crippen molar-refractivity contribution in [3.8, 4) is 11.3 Å². The Labute approximate surface area is 146 Å². The van der Waals surface area contributed by atoms with Crippen molar-refractivity contribution < 1.29 is 4.57 Å². The summed E-state index contributed by atoms with van der Waals surface area (Å²) in [7, 11) is 2.15. The summed E-state index contributed by atoms with van der Waals surface area (Å²) < 4.78 is 3.84. The van der Waals surface area contributed by atoms with E-state index in [-0.39, 0.29) is 0 Å². The average Bonchev–Trinajstić information content (AvgIpc) is 2.50. The van der Waals surface area contributed by atoms with Gasteiger partial charge in [0.25, 0.3) is 0 Å². The van der Waals surface area contributed by atoms with Gasteiger partial charge in [-0.3, -0.25) is 0 Å². The molecule has 0 N–H and O–H groups in total. The predicted molar refractivity (Wildman–Crippen MR) is 102 cm³/mol. The van der Waals surface area contributed by atoms with Gasteiger partial charge in [0.2, 0.25) is 0 Å². The van der Waals surface area contributed by atoms with Crippen LogP contribution in [0.2, 0.25) is 9.74 Å². The van der Waals surface area contributed by atoms with Crippen LogP contribution in [0.4, 0.5) is 0 Å². The molecule has 0 unspecified atom stereocenters. The van der Waals surface area contributed by atoms with E-state index in [1.165, 1.54) is 38.7 Å². The summed E-state index contributed by atoms with van der Waals surface area (Å²) in [6, 6.07) is 14.0. The Bertz CT molecular complexity index is 894. The Hall–Kier alpha value is -1.33. The molecule has 0 spiro atoms. The van der Waals surface area contributed by atoms with Gasteiger partial charge in [-0.05, 0) is 0 Å². The Morgan fingerprint density at radius 2 is 1.65 bits per heavy atom. The number of rotatable bonds is 2. The van der Waals surface area contributed by atoms with Gasteiger partial charge >= 0.3 is 147 Å². The van der Waals surface area contributed by atoms with Crippen LogP contribution in [-0.4, -0.2) is 20.2 Å². The molecular formula is C21H25NSb+. The van der Waals surface area contributed by atoms with E-state index in [1.807, 2.05) is 0 Å². The average molecular weight is 413 g/mol. The van der Waals surface area contributed by atoms with Crippen molar-refractivity contribution in [3.05, 3.63) is 59.3 Å². The summed E-state index contributed by atoms with van der Waals surface area (Å²) in [5.41, 5.74) is 6.76. The maximum atomic E-state index is 2.43. The molecule has 0 fully saturated rings. The van der Waals surface area contributed by atoms with E-state index < -0.39 is 20.2 Å². The third kappa shape index (κ3) is 3.04. The van der Waals surface area contributed by atoms with Crippen LogP contribution in [0.5, 0.6) is 0 Å². The van der Waals surface area contributed by atoms with Gasteiger partial charge in [0, 0.05) is 0 Å². The molecule has 0 saturated carbocycles. The Morgan fingerprint density at radius 3 is 2.35 bits per heavy atom. The molecule has 0 atom stereocenters. The molecule has 0 radical (unpaired) electrons. The molecule has 0 aliphatic carbocycles. The van der Waals surface area contributed by atoms with Crippen LogP contribution in [0.3, 0.4) is 0 Å². The first-order chi connectivity index (χ1) is 10.9. The molecule has 2 heteroatoms. The molecule has 118 valence electrons. The van der Waals surface area contributed by atoms with Crippen molar-refractivity contribution in [3.63, 3.8) is 0 Å². The van der Waals surface area contributed by atoms with Gasteiger partial charge in [-0.25, -0.2) is 0 Å². The zero-order valence-electron chi connectivity index (χ0n) is 14.9. The van der Waals surface area contributed by atoms with Gasteiger partial charge in [0.1, 0.15) is 0 Å². The topological polar surface area (TPSA) is 3.88 Å². The second kappa shape index (κ2) is 6.28. The molecule has 1 aromatic heterocycles. The summed E-state index contributed by atoms with van der Waals surface area (Å²) in [6.45, 7) is 6.63. The van der Waals surface area contributed by atoms with Crippen LogP contribution in [0.15, 0.2) is 42.6 Å². The number of aromatic nitrogens is 1. The number of pyridine rings is 1. The summed E-state index contributed by atoms with van der Waals surface area (Å²) in [5.74, 6) is 0. The van der Waals surface area contributed by atoms with Gasteiger partial charge in [-0.2, -0.15) is 0 Å². The quantitative estimate of drug-likeness (QED) is 0.438. The van der Waals surface area contributed by atoms with Crippen LogP contribution in [0.25, 0.3) is 22.0 Å². The van der Waals surface area contributed by atoms with Crippen molar-refractivity contribution in [2.24, 2.45) is 7.05 Å². The first-order valence-electron chi connectivity index (χ1n) is 8.06. The molecule has 0 aliphatic heterocycles. The Kier molecular flexibility index (Phi) is 4.51. The van der Waals surface area contributed by atoms with Gasteiger partial charge < -0.3 is 0 Å². The van der Waals surface area contributed by atoms with E-state index in [1.54, 1.807) is 3.51 Å². The first kappa shape index (κ1) is 16.5. The van der Waals surface area contributed by atoms with E-state index in [2.05, 4.69) is 84.7 Å². The van der Waals surface area contributed by atoms with E-state index in [0.717, 1.165) is 0 Å². The predicted octanol–water partition coefficient (Wildman–Crippen LogP) is 4.22. The van der Waals surface area contributed by atoms with E-state index in [9.17, 15) is 0 Å². The van der Waals surface area contributed by atoms with Gasteiger partial charge in [0.15, 0.2) is 0 Å². The minimum absolute atomic E-state index is 1.20. The zero-order valence-corrected chi connectivity index (χ0v) is 17.5. The standard InChI is InChI=1S/C19H19N.2CH3.Sb/c1-13-11-14(2)15(3)18(12-13)19-17-8-6-5-7-16(17)9-10-20(19)4;;;/h6-12H,1-4H3;2*1H3;/q+1;;;. The number of aryl methyl sites for hydroxylation is 3. The molecule has 0 saturated heterocycles. The van der Waals surface area contributed by atoms with Crippen LogP contribution < -0.4 is 8.08 Å². The van der Waals surface area contributed by atoms with E-state index in [4.69, 9.17) is 0 Å². The van der Waals surface area contributed by atoms with Crippen molar-refractivity contribution in [2.75, 3.05) is 0 Å². The number of hydrogen-bond acceptors (Lipinski definition) is 0. The van der Waals surface area contributed by atoms with Gasteiger partial charge in [-0.1, -0.05) is 0 Å². The number of benzene rings is 2. The SMILES string of the molecule is Cc1cc(C)c(C)c(-c2c3cc[c]([Sb]([CH3])[CH3])cc3cc[n+]2C)c1. The molecule has 0 aliphatic rings. The molecule has 1 nitrogen and oxygen atoms in total. The third-order valence-corrected chi connectivity index (χ3v) is 8.45. The molecule has 0 bridgehead atoms. The fourth-order valence-corrected chi connectivity index (χ4v) is 5.46. The van der Waals surface area contributed by atoms with Crippen LogP contribution >= 0.6 is 0 Å². The van der Waals surface area contributed by atoms with Gasteiger partial charge in [-0.15, -0.1) is 0 Å². The Morgan fingerprint density at radius 1 is 0.913 bits per heavy atom. The summed E-state index contributed by atoms with van der Waals surface area (Å²) in [6.07, 6.45) is 2.20. The number of fused-ring (bicyclic) bond motifs is 1. The second-order valence-corrected chi connectivity index (χ2v) is 13.3.